The van der Waals surface area contributed by atoms with Gasteiger partial charge in [0, 0.05) is 6.08 Å². The summed E-state index contributed by atoms with van der Waals surface area (Å²) < 4.78 is 5.82. The maximum absolute atomic E-state index is 12.3. The van der Waals surface area contributed by atoms with Crippen molar-refractivity contribution < 1.29 is 14.6 Å². The highest BCUT2D eigenvalue weighted by atomic mass is 16.5. The Morgan fingerprint density at radius 3 is 2.83 bits per heavy atom. The van der Waals surface area contributed by atoms with Crippen LogP contribution >= 0.6 is 0 Å². The highest BCUT2D eigenvalue weighted by Gasteiger charge is 2.14. The van der Waals surface area contributed by atoms with Gasteiger partial charge in [-0.15, -0.1) is 0 Å². The molecule has 4 rings (SSSR count). The number of carboxylic acid groups (broad SMARTS) is 1. The summed E-state index contributed by atoms with van der Waals surface area (Å²) in [6.45, 7) is 2.32. The van der Waals surface area contributed by atoms with Crippen molar-refractivity contribution in [1.29, 1.82) is 0 Å². The molecule has 0 saturated heterocycles. The molecule has 0 aliphatic carbocycles. The van der Waals surface area contributed by atoms with Gasteiger partial charge < -0.3 is 19.8 Å². The summed E-state index contributed by atoms with van der Waals surface area (Å²) in [4.78, 5) is 37.1. The lowest BCUT2D eigenvalue weighted by atomic mass is 10.0. The van der Waals surface area contributed by atoms with Crippen LogP contribution in [0, 0.1) is 0 Å². The number of nitrogens with one attached hydrogen (secondary N) is 2. The second-order valence-electron chi connectivity index (χ2n) is 6.46. The Labute approximate surface area is 170 Å². The van der Waals surface area contributed by atoms with Crippen LogP contribution in [0.1, 0.15) is 12.5 Å². The predicted molar refractivity (Wildman–Crippen MR) is 113 cm³/mol. The summed E-state index contributed by atoms with van der Waals surface area (Å²) in [5.41, 5.74) is 3.53. The molecular weight excluding hydrogens is 384 g/mol. The standard InChI is InChI=1S/C22H18N4O4/c1-2-30-17-11-15(14-5-3-4-13(10-14)6-9-18(27)28)7-8-16(17)20-25-21-19(22(29)26-20)23-12-24-21/h3-12H,2H2,1H3,(H,27,28)(H2,23,24,25,26,29)/b9-6+. The van der Waals surface area contributed by atoms with Crippen molar-refractivity contribution in [3.8, 4) is 28.3 Å². The van der Waals surface area contributed by atoms with Crippen molar-refractivity contribution in [1.82, 2.24) is 19.9 Å². The number of benzene rings is 2. The van der Waals surface area contributed by atoms with Gasteiger partial charge in [-0.1, -0.05) is 24.3 Å². The summed E-state index contributed by atoms with van der Waals surface area (Å²) in [6.07, 6.45) is 4.06. The van der Waals surface area contributed by atoms with Crippen LogP contribution in [-0.4, -0.2) is 37.6 Å². The van der Waals surface area contributed by atoms with E-state index in [1.54, 1.807) is 0 Å². The van der Waals surface area contributed by atoms with Crippen LogP contribution in [0.15, 0.2) is 59.7 Å². The molecule has 0 bridgehead atoms. The van der Waals surface area contributed by atoms with Gasteiger partial charge in [-0.3, -0.25) is 4.79 Å². The monoisotopic (exact) mass is 402 g/mol. The molecule has 0 aliphatic heterocycles. The molecule has 0 fully saturated rings. The average Bonchev–Trinajstić information content (AvgIpc) is 3.22. The van der Waals surface area contributed by atoms with Gasteiger partial charge in [-0.25, -0.2) is 14.8 Å². The number of H-pyrrole nitrogens is 2. The Kier molecular flexibility index (Phi) is 5.13. The smallest absolute Gasteiger partial charge is 0.328 e. The quantitative estimate of drug-likeness (QED) is 0.425. The number of aromatic nitrogens is 4. The van der Waals surface area contributed by atoms with E-state index in [4.69, 9.17) is 9.84 Å². The molecule has 0 atom stereocenters. The average molecular weight is 402 g/mol. The topological polar surface area (TPSA) is 121 Å². The van der Waals surface area contributed by atoms with Crippen LogP contribution in [0.5, 0.6) is 5.75 Å². The Balaban J connectivity index is 1.78. The fraction of sp³-hybridized carbons (Fsp3) is 0.0909. The molecule has 0 radical (unpaired) electrons. The SMILES string of the molecule is CCOc1cc(-c2cccc(/C=C/C(=O)O)c2)ccc1-c1nc2[nH]cnc2c(=O)[nH]1. The first kappa shape index (κ1) is 19.1. The third kappa shape index (κ3) is 3.83. The number of carboxylic acids is 1. The number of rotatable bonds is 6. The van der Waals surface area contributed by atoms with Crippen LogP contribution < -0.4 is 10.3 Å². The lowest BCUT2D eigenvalue weighted by Gasteiger charge is -2.12. The zero-order valence-corrected chi connectivity index (χ0v) is 16.0. The van der Waals surface area contributed by atoms with Gasteiger partial charge in [0.15, 0.2) is 11.2 Å². The highest BCUT2D eigenvalue weighted by molar-refractivity contribution is 5.86. The lowest BCUT2D eigenvalue weighted by molar-refractivity contribution is -0.131. The first-order chi connectivity index (χ1) is 14.5. The van der Waals surface area contributed by atoms with Crippen LogP contribution in [-0.2, 0) is 4.79 Å². The number of hydrogen-bond donors (Lipinski definition) is 3. The molecule has 8 nitrogen and oxygen atoms in total. The van der Waals surface area contributed by atoms with Crippen LogP contribution in [0.2, 0.25) is 0 Å². The van der Waals surface area contributed by atoms with Crippen molar-refractivity contribution in [2.45, 2.75) is 6.92 Å². The highest BCUT2D eigenvalue weighted by Crippen LogP contribution is 2.33. The molecule has 0 amide bonds. The molecular formula is C22H18N4O4. The molecule has 3 N–H and O–H groups in total. The summed E-state index contributed by atoms with van der Waals surface area (Å²) in [7, 11) is 0. The van der Waals surface area contributed by atoms with Gasteiger partial charge in [0.1, 0.15) is 11.6 Å². The van der Waals surface area contributed by atoms with E-state index < -0.39 is 5.97 Å². The largest absolute Gasteiger partial charge is 0.493 e. The second kappa shape index (κ2) is 8.04. The summed E-state index contributed by atoms with van der Waals surface area (Å²) in [6, 6.07) is 13.1. The first-order valence-corrected chi connectivity index (χ1v) is 9.27. The molecule has 8 heteroatoms. The van der Waals surface area contributed by atoms with E-state index in [0.717, 1.165) is 22.8 Å². The first-order valence-electron chi connectivity index (χ1n) is 9.27. The number of ether oxygens (including phenoxy) is 1. The molecule has 0 spiro atoms. The maximum Gasteiger partial charge on any atom is 0.328 e. The molecule has 150 valence electrons. The van der Waals surface area contributed by atoms with E-state index in [1.165, 1.54) is 12.4 Å². The number of carbonyl (C=O) groups is 1. The van der Waals surface area contributed by atoms with E-state index in [1.807, 2.05) is 49.4 Å². The number of aromatic amines is 2. The zero-order valence-electron chi connectivity index (χ0n) is 16.0. The number of nitrogens with zero attached hydrogens (tertiary/aromatic N) is 2. The van der Waals surface area contributed by atoms with Gasteiger partial charge >= 0.3 is 5.97 Å². The minimum absolute atomic E-state index is 0.250. The van der Waals surface area contributed by atoms with E-state index in [9.17, 15) is 9.59 Å². The number of aliphatic carboxylic acids is 1. The van der Waals surface area contributed by atoms with Gasteiger partial charge in [0.2, 0.25) is 0 Å². The second-order valence-corrected chi connectivity index (χ2v) is 6.46. The Morgan fingerprint density at radius 1 is 1.20 bits per heavy atom. The molecule has 2 aromatic carbocycles. The third-order valence-corrected chi connectivity index (χ3v) is 4.46. The molecule has 4 aromatic rings. The zero-order chi connectivity index (χ0) is 21.1. The predicted octanol–water partition coefficient (Wildman–Crippen LogP) is 3.48. The Morgan fingerprint density at radius 2 is 2.03 bits per heavy atom. The van der Waals surface area contributed by atoms with E-state index >= 15 is 0 Å². The molecule has 0 aliphatic rings. The molecule has 2 aromatic heterocycles. The maximum atomic E-state index is 12.3. The summed E-state index contributed by atoms with van der Waals surface area (Å²) >= 11 is 0. The molecule has 0 saturated carbocycles. The molecule has 2 heterocycles. The summed E-state index contributed by atoms with van der Waals surface area (Å²) in [5.74, 6) is -0.0486. The fourth-order valence-electron chi connectivity index (χ4n) is 3.13. The van der Waals surface area contributed by atoms with Crippen molar-refractivity contribution in [3.05, 3.63) is 70.8 Å². The number of fused-ring (bicyclic) bond motifs is 1. The van der Waals surface area contributed by atoms with Crippen LogP contribution in [0.25, 0.3) is 39.8 Å². The minimum atomic E-state index is -1.00. The Hall–Kier alpha value is -4.20. The lowest BCUT2D eigenvalue weighted by Crippen LogP contribution is -2.10. The number of hydrogen-bond acceptors (Lipinski definition) is 5. The van der Waals surface area contributed by atoms with Gasteiger partial charge in [-0.2, -0.15) is 0 Å². The van der Waals surface area contributed by atoms with Gasteiger partial charge in [-0.05, 0) is 47.9 Å². The fourth-order valence-corrected chi connectivity index (χ4v) is 3.13. The van der Waals surface area contributed by atoms with Crippen molar-refractivity contribution in [2.75, 3.05) is 6.61 Å². The van der Waals surface area contributed by atoms with E-state index in [-0.39, 0.29) is 11.1 Å². The van der Waals surface area contributed by atoms with Crippen molar-refractivity contribution in [3.63, 3.8) is 0 Å². The summed E-state index contributed by atoms with van der Waals surface area (Å²) in [5, 5.41) is 8.83. The van der Waals surface area contributed by atoms with Crippen LogP contribution in [0.4, 0.5) is 0 Å². The van der Waals surface area contributed by atoms with Crippen LogP contribution in [0.3, 0.4) is 0 Å². The van der Waals surface area contributed by atoms with Gasteiger partial charge in [0.25, 0.3) is 5.56 Å². The van der Waals surface area contributed by atoms with E-state index in [0.29, 0.717) is 29.4 Å². The van der Waals surface area contributed by atoms with Gasteiger partial charge in [0.05, 0.1) is 18.5 Å². The van der Waals surface area contributed by atoms with Crippen molar-refractivity contribution in [2.24, 2.45) is 0 Å². The third-order valence-electron chi connectivity index (χ3n) is 4.46. The molecule has 0 unspecified atom stereocenters. The minimum Gasteiger partial charge on any atom is -0.493 e. The number of imidazole rings is 1. The van der Waals surface area contributed by atoms with Crippen molar-refractivity contribution >= 4 is 23.2 Å². The normalized spacial score (nSPS) is 11.2. The van der Waals surface area contributed by atoms with E-state index in [2.05, 4.69) is 19.9 Å². The Bertz CT molecular complexity index is 1320. The molecule has 30 heavy (non-hydrogen) atoms.